The molecule has 1 aromatic rings. The first-order valence-corrected chi connectivity index (χ1v) is 5.90. The zero-order chi connectivity index (χ0) is 11.4. The van der Waals surface area contributed by atoms with E-state index in [1.54, 1.807) is 0 Å². The molecule has 2 nitrogen and oxygen atoms in total. The number of amides is 1. The largest absolute Gasteiger partial charge is 0.350 e. The van der Waals surface area contributed by atoms with Crippen molar-refractivity contribution in [2.24, 2.45) is 0 Å². The predicted octanol–water partition coefficient (Wildman–Crippen LogP) is 3.29. The molecule has 1 amide bonds. The Kier molecular flexibility index (Phi) is 4.33. The smallest absolute Gasteiger partial charge is 0.251 e. The van der Waals surface area contributed by atoms with Gasteiger partial charge in [0.15, 0.2) is 0 Å². The van der Waals surface area contributed by atoms with Gasteiger partial charge < -0.3 is 5.32 Å². The van der Waals surface area contributed by atoms with Crippen LogP contribution < -0.4 is 5.32 Å². The lowest BCUT2D eigenvalue weighted by Crippen LogP contribution is -2.31. The highest BCUT2D eigenvalue weighted by Crippen LogP contribution is 2.15. The maximum absolute atomic E-state index is 11.8. The van der Waals surface area contributed by atoms with Gasteiger partial charge in [0.05, 0.1) is 0 Å². The Bertz CT molecular complexity index is 342. The number of rotatable bonds is 3. The van der Waals surface area contributed by atoms with Crippen LogP contribution in [0.25, 0.3) is 0 Å². The maximum Gasteiger partial charge on any atom is 0.251 e. The van der Waals surface area contributed by atoms with Crippen LogP contribution in [0.1, 0.15) is 36.2 Å². The topological polar surface area (TPSA) is 29.1 Å². The van der Waals surface area contributed by atoms with Crippen LogP contribution in [0, 0.1) is 6.92 Å². The molecule has 3 heteroatoms. The van der Waals surface area contributed by atoms with Gasteiger partial charge in [0.25, 0.3) is 5.91 Å². The molecule has 0 aliphatic carbocycles. The van der Waals surface area contributed by atoms with E-state index < -0.39 is 0 Å². The molecule has 0 radical (unpaired) electrons. The predicted molar refractivity (Wildman–Crippen MR) is 66.1 cm³/mol. The minimum Gasteiger partial charge on any atom is -0.350 e. The van der Waals surface area contributed by atoms with Crippen LogP contribution in [0.4, 0.5) is 0 Å². The first-order valence-electron chi connectivity index (χ1n) is 5.11. The Morgan fingerprint density at radius 3 is 2.67 bits per heavy atom. The molecule has 0 saturated heterocycles. The van der Waals surface area contributed by atoms with Crippen molar-refractivity contribution < 1.29 is 4.79 Å². The summed E-state index contributed by atoms with van der Waals surface area (Å²) in [4.78, 5) is 11.8. The minimum atomic E-state index is -0.00579. The molecule has 1 rings (SSSR count). The Hall–Kier alpha value is -0.830. The van der Waals surface area contributed by atoms with Crippen molar-refractivity contribution in [3.63, 3.8) is 0 Å². The number of halogens is 1. The van der Waals surface area contributed by atoms with Crippen LogP contribution in [-0.4, -0.2) is 11.9 Å². The summed E-state index contributed by atoms with van der Waals surface area (Å²) in [6.45, 7) is 6.03. The normalized spacial score (nSPS) is 12.3. The van der Waals surface area contributed by atoms with E-state index in [1.165, 1.54) is 0 Å². The van der Waals surface area contributed by atoms with Gasteiger partial charge in [-0.15, -0.1) is 0 Å². The number of hydrogen-bond donors (Lipinski definition) is 1. The molecule has 15 heavy (non-hydrogen) atoms. The van der Waals surface area contributed by atoms with Crippen molar-refractivity contribution in [3.8, 4) is 0 Å². The average molecular weight is 270 g/mol. The lowest BCUT2D eigenvalue weighted by atomic mass is 10.1. The molecule has 0 saturated carbocycles. The fraction of sp³-hybridized carbons (Fsp3) is 0.417. The van der Waals surface area contributed by atoms with Crippen molar-refractivity contribution >= 4 is 21.8 Å². The quantitative estimate of drug-likeness (QED) is 0.897. The molecular formula is C12H16BrNO. The standard InChI is InChI=1S/C12H16BrNO/c1-4-9(3)14-12(15)10-5-8(2)6-11(13)7-10/h5-7,9H,4H2,1-3H3,(H,14,15). The highest BCUT2D eigenvalue weighted by molar-refractivity contribution is 9.10. The molecule has 0 heterocycles. The highest BCUT2D eigenvalue weighted by Gasteiger charge is 2.09. The van der Waals surface area contributed by atoms with Crippen molar-refractivity contribution in [2.45, 2.75) is 33.2 Å². The second-order valence-corrected chi connectivity index (χ2v) is 4.72. The number of aryl methyl sites for hydroxylation is 1. The molecule has 1 unspecified atom stereocenters. The number of hydrogen-bond acceptors (Lipinski definition) is 1. The Morgan fingerprint density at radius 1 is 1.47 bits per heavy atom. The van der Waals surface area contributed by atoms with E-state index in [1.807, 2.05) is 32.0 Å². The van der Waals surface area contributed by atoms with Gasteiger partial charge in [0.1, 0.15) is 0 Å². The second-order valence-electron chi connectivity index (χ2n) is 3.80. The van der Waals surface area contributed by atoms with E-state index in [4.69, 9.17) is 0 Å². The third kappa shape index (κ3) is 3.67. The molecule has 1 aromatic carbocycles. The summed E-state index contributed by atoms with van der Waals surface area (Å²) >= 11 is 3.38. The van der Waals surface area contributed by atoms with Crippen LogP contribution in [0.15, 0.2) is 22.7 Å². The summed E-state index contributed by atoms with van der Waals surface area (Å²) in [5, 5.41) is 2.94. The van der Waals surface area contributed by atoms with Gasteiger partial charge in [0, 0.05) is 16.1 Å². The van der Waals surface area contributed by atoms with Gasteiger partial charge in [-0.25, -0.2) is 0 Å². The SMILES string of the molecule is CCC(C)NC(=O)c1cc(C)cc(Br)c1. The molecule has 0 aliphatic heterocycles. The highest BCUT2D eigenvalue weighted by atomic mass is 79.9. The van der Waals surface area contributed by atoms with Gasteiger partial charge >= 0.3 is 0 Å². The van der Waals surface area contributed by atoms with Gasteiger partial charge in [-0.1, -0.05) is 22.9 Å². The third-order valence-electron chi connectivity index (χ3n) is 2.29. The average Bonchev–Trinajstić information content (AvgIpc) is 2.16. The summed E-state index contributed by atoms with van der Waals surface area (Å²) < 4.78 is 0.941. The number of benzene rings is 1. The van der Waals surface area contributed by atoms with E-state index in [-0.39, 0.29) is 11.9 Å². The molecule has 0 fully saturated rings. The van der Waals surface area contributed by atoms with E-state index in [0.29, 0.717) is 5.56 Å². The molecule has 0 aromatic heterocycles. The first kappa shape index (κ1) is 12.2. The summed E-state index contributed by atoms with van der Waals surface area (Å²) in [6, 6.07) is 5.93. The summed E-state index contributed by atoms with van der Waals surface area (Å²) in [5.41, 5.74) is 1.79. The van der Waals surface area contributed by atoms with Crippen LogP contribution in [0.2, 0.25) is 0 Å². The zero-order valence-electron chi connectivity index (χ0n) is 9.30. The van der Waals surface area contributed by atoms with Gasteiger partial charge in [-0.3, -0.25) is 4.79 Å². The van der Waals surface area contributed by atoms with E-state index in [9.17, 15) is 4.79 Å². The zero-order valence-corrected chi connectivity index (χ0v) is 10.9. The fourth-order valence-electron chi connectivity index (χ4n) is 1.28. The molecular weight excluding hydrogens is 254 g/mol. The lowest BCUT2D eigenvalue weighted by Gasteiger charge is -2.11. The summed E-state index contributed by atoms with van der Waals surface area (Å²) in [6.07, 6.45) is 0.943. The van der Waals surface area contributed by atoms with E-state index in [0.717, 1.165) is 16.5 Å². The third-order valence-corrected chi connectivity index (χ3v) is 2.75. The molecule has 1 N–H and O–H groups in total. The van der Waals surface area contributed by atoms with Gasteiger partial charge in [-0.2, -0.15) is 0 Å². The number of carbonyl (C=O) groups excluding carboxylic acids is 1. The summed E-state index contributed by atoms with van der Waals surface area (Å²) in [7, 11) is 0. The van der Waals surface area contributed by atoms with Crippen molar-refractivity contribution in [1.29, 1.82) is 0 Å². The molecule has 0 spiro atoms. The monoisotopic (exact) mass is 269 g/mol. The molecule has 82 valence electrons. The van der Waals surface area contributed by atoms with E-state index in [2.05, 4.69) is 28.2 Å². The van der Waals surface area contributed by atoms with Crippen LogP contribution >= 0.6 is 15.9 Å². The first-order chi connectivity index (χ1) is 7.02. The fourth-order valence-corrected chi connectivity index (χ4v) is 1.88. The molecule has 0 aliphatic rings. The van der Waals surface area contributed by atoms with Crippen molar-refractivity contribution in [3.05, 3.63) is 33.8 Å². The molecule has 1 atom stereocenters. The van der Waals surface area contributed by atoms with Crippen LogP contribution in [0.5, 0.6) is 0 Å². The van der Waals surface area contributed by atoms with Crippen molar-refractivity contribution in [1.82, 2.24) is 5.32 Å². The van der Waals surface area contributed by atoms with E-state index >= 15 is 0 Å². The second kappa shape index (κ2) is 5.31. The number of carbonyl (C=O) groups is 1. The number of nitrogens with one attached hydrogen (secondary N) is 1. The Morgan fingerprint density at radius 2 is 2.13 bits per heavy atom. The van der Waals surface area contributed by atoms with Crippen molar-refractivity contribution in [2.75, 3.05) is 0 Å². The lowest BCUT2D eigenvalue weighted by molar-refractivity contribution is 0.0939. The Labute approximate surface area is 99.2 Å². The Balaban J connectivity index is 2.82. The molecule has 0 bridgehead atoms. The van der Waals surface area contributed by atoms with Gasteiger partial charge in [0.2, 0.25) is 0 Å². The maximum atomic E-state index is 11.8. The minimum absolute atomic E-state index is 0.00579. The van der Waals surface area contributed by atoms with Gasteiger partial charge in [-0.05, 0) is 44.0 Å². The van der Waals surface area contributed by atoms with Crippen LogP contribution in [-0.2, 0) is 0 Å². The van der Waals surface area contributed by atoms with Crippen LogP contribution in [0.3, 0.4) is 0 Å². The summed E-state index contributed by atoms with van der Waals surface area (Å²) in [5.74, 6) is -0.00579.